The SMILES string of the molecule is Cn1c(=O)oc2ccc(-c3cn[nH]c3N)cc21. The third-order valence-corrected chi connectivity index (χ3v) is 2.77. The number of aryl methyl sites for hydroxylation is 1. The predicted octanol–water partition coefficient (Wildman–Crippen LogP) is 1.10. The van der Waals surface area contributed by atoms with Crippen molar-refractivity contribution in [2.75, 3.05) is 5.73 Å². The molecular weight excluding hydrogens is 220 g/mol. The number of aromatic amines is 1. The molecule has 0 fully saturated rings. The molecule has 0 unspecified atom stereocenters. The number of nitrogens with two attached hydrogens (primary N) is 1. The minimum Gasteiger partial charge on any atom is -0.408 e. The van der Waals surface area contributed by atoms with Crippen LogP contribution in [0, 0.1) is 0 Å². The number of aromatic nitrogens is 3. The molecule has 0 atom stereocenters. The number of rotatable bonds is 1. The van der Waals surface area contributed by atoms with Gasteiger partial charge in [0.2, 0.25) is 0 Å². The number of hydrogen-bond donors (Lipinski definition) is 2. The van der Waals surface area contributed by atoms with Crippen molar-refractivity contribution in [3.8, 4) is 11.1 Å². The molecule has 1 aromatic carbocycles. The van der Waals surface area contributed by atoms with Crippen LogP contribution < -0.4 is 11.5 Å². The highest BCUT2D eigenvalue weighted by Gasteiger charge is 2.09. The monoisotopic (exact) mass is 230 g/mol. The van der Waals surface area contributed by atoms with E-state index < -0.39 is 0 Å². The number of nitrogen functional groups attached to an aromatic ring is 1. The number of anilines is 1. The van der Waals surface area contributed by atoms with E-state index in [-0.39, 0.29) is 5.76 Å². The number of nitrogens with zero attached hydrogens (tertiary/aromatic N) is 2. The van der Waals surface area contributed by atoms with Gasteiger partial charge in [0.05, 0.1) is 11.7 Å². The van der Waals surface area contributed by atoms with Crippen LogP contribution in [-0.2, 0) is 7.05 Å². The zero-order valence-electron chi connectivity index (χ0n) is 9.10. The largest absolute Gasteiger partial charge is 0.419 e. The number of fused-ring (bicyclic) bond motifs is 1. The summed E-state index contributed by atoms with van der Waals surface area (Å²) in [5, 5.41) is 6.53. The molecule has 0 amide bonds. The van der Waals surface area contributed by atoms with Crippen LogP contribution in [0.2, 0.25) is 0 Å². The molecule has 3 N–H and O–H groups in total. The molecule has 0 saturated carbocycles. The molecule has 3 aromatic rings. The van der Waals surface area contributed by atoms with Gasteiger partial charge in [0.1, 0.15) is 5.82 Å². The second-order valence-corrected chi connectivity index (χ2v) is 3.81. The summed E-state index contributed by atoms with van der Waals surface area (Å²) in [6.07, 6.45) is 1.65. The quantitative estimate of drug-likeness (QED) is 0.655. The maximum absolute atomic E-state index is 11.4. The van der Waals surface area contributed by atoms with E-state index in [1.165, 1.54) is 4.57 Å². The normalized spacial score (nSPS) is 11.1. The fourth-order valence-corrected chi connectivity index (χ4v) is 1.82. The Kier molecular flexibility index (Phi) is 1.85. The summed E-state index contributed by atoms with van der Waals surface area (Å²) in [6.45, 7) is 0. The van der Waals surface area contributed by atoms with E-state index >= 15 is 0 Å². The second-order valence-electron chi connectivity index (χ2n) is 3.81. The molecule has 2 heterocycles. The summed E-state index contributed by atoms with van der Waals surface area (Å²) < 4.78 is 6.51. The van der Waals surface area contributed by atoms with Gasteiger partial charge in [-0.1, -0.05) is 6.07 Å². The van der Waals surface area contributed by atoms with Gasteiger partial charge in [0, 0.05) is 12.6 Å². The molecule has 6 nitrogen and oxygen atoms in total. The van der Waals surface area contributed by atoms with Crippen LogP contribution in [-0.4, -0.2) is 14.8 Å². The third-order valence-electron chi connectivity index (χ3n) is 2.77. The molecule has 0 radical (unpaired) electrons. The number of hydrogen-bond acceptors (Lipinski definition) is 4. The molecule has 3 rings (SSSR count). The van der Waals surface area contributed by atoms with Gasteiger partial charge in [-0.3, -0.25) is 9.67 Å². The van der Waals surface area contributed by atoms with E-state index in [1.54, 1.807) is 19.3 Å². The lowest BCUT2D eigenvalue weighted by molar-refractivity contribution is 0.528. The van der Waals surface area contributed by atoms with Gasteiger partial charge in [-0.25, -0.2) is 4.79 Å². The second kappa shape index (κ2) is 3.24. The van der Waals surface area contributed by atoms with E-state index in [1.807, 2.05) is 12.1 Å². The highest BCUT2D eigenvalue weighted by atomic mass is 16.4. The van der Waals surface area contributed by atoms with Crippen LogP contribution in [0.15, 0.2) is 33.6 Å². The molecule has 0 bridgehead atoms. The zero-order chi connectivity index (χ0) is 12.0. The Balaban J connectivity index is 2.30. The van der Waals surface area contributed by atoms with Crippen LogP contribution in [0.5, 0.6) is 0 Å². The van der Waals surface area contributed by atoms with Gasteiger partial charge in [-0.15, -0.1) is 0 Å². The molecule has 86 valence electrons. The zero-order valence-corrected chi connectivity index (χ0v) is 9.10. The maximum atomic E-state index is 11.4. The first kappa shape index (κ1) is 9.71. The first-order chi connectivity index (χ1) is 8.16. The molecular formula is C11H10N4O2. The minimum atomic E-state index is -0.377. The van der Waals surface area contributed by atoms with E-state index in [0.29, 0.717) is 11.4 Å². The van der Waals surface area contributed by atoms with Crippen LogP contribution in [0.3, 0.4) is 0 Å². The van der Waals surface area contributed by atoms with Crippen LogP contribution >= 0.6 is 0 Å². The van der Waals surface area contributed by atoms with Gasteiger partial charge in [0.25, 0.3) is 0 Å². The Bertz CT molecular complexity index is 750. The Labute approximate surface area is 95.7 Å². The summed E-state index contributed by atoms with van der Waals surface area (Å²) in [5.74, 6) is 0.121. The van der Waals surface area contributed by atoms with Crippen molar-refractivity contribution < 1.29 is 4.42 Å². The van der Waals surface area contributed by atoms with E-state index in [0.717, 1.165) is 16.6 Å². The summed E-state index contributed by atoms with van der Waals surface area (Å²) >= 11 is 0. The number of benzene rings is 1. The molecule has 17 heavy (non-hydrogen) atoms. The lowest BCUT2D eigenvalue weighted by Gasteiger charge is -1.99. The molecule has 0 aliphatic heterocycles. The average molecular weight is 230 g/mol. The van der Waals surface area contributed by atoms with Gasteiger partial charge >= 0.3 is 5.76 Å². The number of nitrogens with one attached hydrogen (secondary N) is 1. The Morgan fingerprint density at radius 2 is 2.29 bits per heavy atom. The Hall–Kier alpha value is -2.50. The summed E-state index contributed by atoms with van der Waals surface area (Å²) in [5.41, 5.74) is 8.73. The van der Waals surface area contributed by atoms with Crippen molar-refractivity contribution >= 4 is 16.9 Å². The minimum absolute atomic E-state index is 0.377. The molecule has 6 heteroatoms. The van der Waals surface area contributed by atoms with Crippen molar-refractivity contribution in [1.29, 1.82) is 0 Å². The lowest BCUT2D eigenvalue weighted by Crippen LogP contribution is -2.08. The Morgan fingerprint density at radius 3 is 3.00 bits per heavy atom. The van der Waals surface area contributed by atoms with Crippen molar-refractivity contribution in [2.24, 2.45) is 7.05 Å². The number of H-pyrrole nitrogens is 1. The summed E-state index contributed by atoms with van der Waals surface area (Å²) in [4.78, 5) is 11.4. The maximum Gasteiger partial charge on any atom is 0.419 e. The van der Waals surface area contributed by atoms with E-state index in [9.17, 15) is 4.79 Å². The standard InChI is InChI=1S/C11H10N4O2/c1-15-8-4-6(7-5-13-14-10(7)12)2-3-9(8)17-11(15)16/h2-5H,1H3,(H3,12,13,14). The van der Waals surface area contributed by atoms with Crippen LogP contribution in [0.4, 0.5) is 5.82 Å². The third kappa shape index (κ3) is 1.34. The van der Waals surface area contributed by atoms with Crippen LogP contribution in [0.1, 0.15) is 0 Å². The van der Waals surface area contributed by atoms with Crippen LogP contribution in [0.25, 0.3) is 22.2 Å². The molecule has 0 aliphatic carbocycles. The average Bonchev–Trinajstić information content (AvgIpc) is 2.85. The van der Waals surface area contributed by atoms with Gasteiger partial charge in [-0.05, 0) is 17.7 Å². The molecule has 0 spiro atoms. The number of oxazole rings is 1. The fourth-order valence-electron chi connectivity index (χ4n) is 1.82. The van der Waals surface area contributed by atoms with E-state index in [4.69, 9.17) is 10.2 Å². The smallest absolute Gasteiger partial charge is 0.408 e. The lowest BCUT2D eigenvalue weighted by atomic mass is 10.1. The van der Waals surface area contributed by atoms with Crippen molar-refractivity contribution in [1.82, 2.24) is 14.8 Å². The summed E-state index contributed by atoms with van der Waals surface area (Å²) in [7, 11) is 1.66. The summed E-state index contributed by atoms with van der Waals surface area (Å²) in [6, 6.07) is 5.44. The predicted molar refractivity (Wildman–Crippen MR) is 63.4 cm³/mol. The van der Waals surface area contributed by atoms with E-state index in [2.05, 4.69) is 10.2 Å². The molecule has 0 saturated heterocycles. The van der Waals surface area contributed by atoms with Crippen molar-refractivity contribution in [2.45, 2.75) is 0 Å². The topological polar surface area (TPSA) is 89.8 Å². The van der Waals surface area contributed by atoms with Gasteiger partial charge < -0.3 is 10.2 Å². The van der Waals surface area contributed by atoms with Crippen molar-refractivity contribution in [3.63, 3.8) is 0 Å². The Morgan fingerprint density at radius 1 is 1.47 bits per heavy atom. The molecule has 2 aromatic heterocycles. The molecule has 0 aliphatic rings. The highest BCUT2D eigenvalue weighted by molar-refractivity contribution is 5.83. The van der Waals surface area contributed by atoms with Gasteiger partial charge in [0.15, 0.2) is 5.58 Å². The first-order valence-corrected chi connectivity index (χ1v) is 5.05. The van der Waals surface area contributed by atoms with Gasteiger partial charge in [-0.2, -0.15) is 5.10 Å². The highest BCUT2D eigenvalue weighted by Crippen LogP contribution is 2.26. The fraction of sp³-hybridized carbons (Fsp3) is 0.0909. The van der Waals surface area contributed by atoms with Crippen molar-refractivity contribution in [3.05, 3.63) is 34.9 Å². The first-order valence-electron chi connectivity index (χ1n) is 5.05.